The lowest BCUT2D eigenvalue weighted by Crippen LogP contribution is -2.41. The summed E-state index contributed by atoms with van der Waals surface area (Å²) in [5, 5.41) is 9.27. The van der Waals surface area contributed by atoms with Crippen LogP contribution in [0.4, 0.5) is 0 Å². The van der Waals surface area contributed by atoms with Crippen LogP contribution in [0.25, 0.3) is 0 Å². The number of rotatable bonds is 7. The molecule has 6 heteroatoms. The quantitative estimate of drug-likeness (QED) is 0.667. The number of nitrogens with one attached hydrogen (secondary N) is 3. The number of hydrogen-bond donors (Lipinski definition) is 3. The summed E-state index contributed by atoms with van der Waals surface area (Å²) in [6.07, 6.45) is 3.35. The highest BCUT2D eigenvalue weighted by molar-refractivity contribution is 5.97. The Hall–Kier alpha value is -2.37. The number of carbonyl (C=O) groups is 2. The van der Waals surface area contributed by atoms with Gasteiger partial charge in [0.25, 0.3) is 5.91 Å². The summed E-state index contributed by atoms with van der Waals surface area (Å²) in [4.78, 5) is 25.4. The fraction of sp³-hybridized carbons (Fsp3) is 0.364. The van der Waals surface area contributed by atoms with Crippen molar-refractivity contribution in [1.82, 2.24) is 16.0 Å². The van der Waals surface area contributed by atoms with E-state index in [0.29, 0.717) is 18.0 Å². The SMILES string of the molecule is Cl.O=C(NC(C(=O)NCCC1CCCNC1)c1ccccc1)c1ccccc1. The number of piperidine rings is 1. The van der Waals surface area contributed by atoms with Crippen molar-refractivity contribution in [2.45, 2.75) is 25.3 Å². The molecule has 0 saturated carbocycles. The van der Waals surface area contributed by atoms with Crippen LogP contribution in [0.5, 0.6) is 0 Å². The fourth-order valence-corrected chi connectivity index (χ4v) is 3.42. The highest BCUT2D eigenvalue weighted by Crippen LogP contribution is 2.16. The van der Waals surface area contributed by atoms with Crippen molar-refractivity contribution in [1.29, 1.82) is 0 Å². The van der Waals surface area contributed by atoms with Crippen LogP contribution in [0.15, 0.2) is 60.7 Å². The lowest BCUT2D eigenvalue weighted by atomic mass is 9.96. The molecule has 0 aliphatic carbocycles. The van der Waals surface area contributed by atoms with Crippen molar-refractivity contribution < 1.29 is 9.59 Å². The molecule has 1 fully saturated rings. The van der Waals surface area contributed by atoms with E-state index in [1.54, 1.807) is 12.1 Å². The second kappa shape index (κ2) is 11.5. The van der Waals surface area contributed by atoms with E-state index >= 15 is 0 Å². The molecule has 5 nitrogen and oxygen atoms in total. The Labute approximate surface area is 172 Å². The third kappa shape index (κ3) is 6.36. The van der Waals surface area contributed by atoms with Crippen LogP contribution in [0.1, 0.15) is 41.2 Å². The van der Waals surface area contributed by atoms with Crippen molar-refractivity contribution in [3.8, 4) is 0 Å². The molecule has 0 spiro atoms. The van der Waals surface area contributed by atoms with E-state index in [4.69, 9.17) is 0 Å². The van der Waals surface area contributed by atoms with Crippen LogP contribution in [-0.4, -0.2) is 31.4 Å². The van der Waals surface area contributed by atoms with Gasteiger partial charge in [0.05, 0.1) is 0 Å². The molecule has 3 rings (SSSR count). The molecule has 1 heterocycles. The molecule has 0 radical (unpaired) electrons. The van der Waals surface area contributed by atoms with Gasteiger partial charge in [-0.2, -0.15) is 0 Å². The highest BCUT2D eigenvalue weighted by atomic mass is 35.5. The van der Waals surface area contributed by atoms with Gasteiger partial charge in [-0.1, -0.05) is 48.5 Å². The first kappa shape index (κ1) is 21.9. The van der Waals surface area contributed by atoms with E-state index in [1.165, 1.54) is 12.8 Å². The van der Waals surface area contributed by atoms with Gasteiger partial charge >= 0.3 is 0 Å². The molecule has 28 heavy (non-hydrogen) atoms. The minimum Gasteiger partial charge on any atom is -0.354 e. The van der Waals surface area contributed by atoms with E-state index in [-0.39, 0.29) is 24.2 Å². The van der Waals surface area contributed by atoms with E-state index < -0.39 is 6.04 Å². The minimum atomic E-state index is -0.705. The van der Waals surface area contributed by atoms with Crippen LogP contribution in [0.3, 0.4) is 0 Å². The summed E-state index contributed by atoms with van der Waals surface area (Å²) >= 11 is 0. The average molecular weight is 402 g/mol. The molecular formula is C22H28ClN3O2. The van der Waals surface area contributed by atoms with E-state index in [2.05, 4.69) is 16.0 Å². The molecule has 1 aliphatic heterocycles. The first-order valence-electron chi connectivity index (χ1n) is 9.63. The van der Waals surface area contributed by atoms with Crippen molar-refractivity contribution in [3.63, 3.8) is 0 Å². The van der Waals surface area contributed by atoms with Crippen LogP contribution >= 0.6 is 12.4 Å². The van der Waals surface area contributed by atoms with E-state index in [1.807, 2.05) is 48.5 Å². The van der Waals surface area contributed by atoms with Gasteiger partial charge in [-0.05, 0) is 56.0 Å². The van der Waals surface area contributed by atoms with Gasteiger partial charge in [0.1, 0.15) is 6.04 Å². The van der Waals surface area contributed by atoms with Gasteiger partial charge < -0.3 is 16.0 Å². The Kier molecular flexibility index (Phi) is 8.98. The lowest BCUT2D eigenvalue weighted by Gasteiger charge is -2.23. The molecular weight excluding hydrogens is 374 g/mol. The maximum absolute atomic E-state index is 12.8. The number of amides is 2. The number of carbonyl (C=O) groups excluding carboxylic acids is 2. The van der Waals surface area contributed by atoms with Crippen molar-refractivity contribution in [2.75, 3.05) is 19.6 Å². The summed E-state index contributed by atoms with van der Waals surface area (Å²) < 4.78 is 0. The highest BCUT2D eigenvalue weighted by Gasteiger charge is 2.23. The summed E-state index contributed by atoms with van der Waals surface area (Å²) in [5.74, 6) is 0.179. The zero-order valence-corrected chi connectivity index (χ0v) is 16.7. The summed E-state index contributed by atoms with van der Waals surface area (Å²) in [5.41, 5.74) is 1.32. The lowest BCUT2D eigenvalue weighted by molar-refractivity contribution is -0.123. The maximum atomic E-state index is 12.8. The van der Waals surface area contributed by atoms with Crippen LogP contribution in [0.2, 0.25) is 0 Å². The van der Waals surface area contributed by atoms with E-state index in [9.17, 15) is 9.59 Å². The molecule has 0 aromatic heterocycles. The number of halogens is 1. The molecule has 1 aliphatic rings. The number of hydrogen-bond acceptors (Lipinski definition) is 3. The van der Waals surface area contributed by atoms with Gasteiger partial charge in [0, 0.05) is 12.1 Å². The largest absolute Gasteiger partial charge is 0.354 e. The smallest absolute Gasteiger partial charge is 0.252 e. The van der Waals surface area contributed by atoms with Gasteiger partial charge in [0.15, 0.2) is 0 Å². The molecule has 2 atom stereocenters. The summed E-state index contributed by atoms with van der Waals surface area (Å²) in [6, 6.07) is 17.6. The Bertz CT molecular complexity index is 734. The first-order chi connectivity index (χ1) is 13.2. The zero-order chi connectivity index (χ0) is 18.9. The normalized spacial score (nSPS) is 17.1. The van der Waals surface area contributed by atoms with Crippen molar-refractivity contribution in [3.05, 3.63) is 71.8 Å². The molecule has 1 saturated heterocycles. The Balaban J connectivity index is 0.00000280. The third-order valence-corrected chi connectivity index (χ3v) is 4.96. The van der Waals surface area contributed by atoms with Gasteiger partial charge in [-0.3, -0.25) is 9.59 Å². The molecule has 150 valence electrons. The molecule has 2 aromatic carbocycles. The fourth-order valence-electron chi connectivity index (χ4n) is 3.42. The maximum Gasteiger partial charge on any atom is 0.252 e. The molecule has 2 aromatic rings. The molecule has 3 N–H and O–H groups in total. The Morgan fingerprint density at radius 2 is 1.71 bits per heavy atom. The van der Waals surface area contributed by atoms with Crippen LogP contribution < -0.4 is 16.0 Å². The molecule has 0 bridgehead atoms. The second-order valence-electron chi connectivity index (χ2n) is 6.98. The zero-order valence-electron chi connectivity index (χ0n) is 15.9. The number of benzene rings is 2. The third-order valence-electron chi connectivity index (χ3n) is 4.96. The van der Waals surface area contributed by atoms with Gasteiger partial charge in [-0.15, -0.1) is 12.4 Å². The summed E-state index contributed by atoms with van der Waals surface area (Å²) in [7, 11) is 0. The minimum absolute atomic E-state index is 0. The predicted octanol–water partition coefficient (Wildman–Crippen LogP) is 3.09. The monoisotopic (exact) mass is 401 g/mol. The molecule has 2 unspecified atom stereocenters. The topological polar surface area (TPSA) is 70.2 Å². The van der Waals surface area contributed by atoms with Crippen LogP contribution in [-0.2, 0) is 4.79 Å². The Morgan fingerprint density at radius 3 is 2.36 bits per heavy atom. The first-order valence-corrected chi connectivity index (χ1v) is 9.63. The van der Waals surface area contributed by atoms with Gasteiger partial charge in [-0.25, -0.2) is 0 Å². The summed E-state index contributed by atoms with van der Waals surface area (Å²) in [6.45, 7) is 2.73. The van der Waals surface area contributed by atoms with E-state index in [0.717, 1.165) is 25.1 Å². The molecule has 2 amide bonds. The predicted molar refractivity (Wildman–Crippen MR) is 114 cm³/mol. The van der Waals surface area contributed by atoms with Crippen molar-refractivity contribution in [2.24, 2.45) is 5.92 Å². The average Bonchev–Trinajstić information content (AvgIpc) is 2.74. The Morgan fingerprint density at radius 1 is 1.04 bits per heavy atom. The standard InChI is InChI=1S/C22H27N3O2.ClH/c26-21(19-11-5-2-6-12-19)25-20(18-9-3-1-4-10-18)22(27)24-15-13-17-8-7-14-23-16-17;/h1-6,9-12,17,20,23H,7-8,13-16H2,(H,24,27)(H,25,26);1H. The second-order valence-corrected chi connectivity index (χ2v) is 6.98. The van der Waals surface area contributed by atoms with Crippen molar-refractivity contribution >= 4 is 24.2 Å². The van der Waals surface area contributed by atoms with Crippen LogP contribution in [0, 0.1) is 5.92 Å². The van der Waals surface area contributed by atoms with Gasteiger partial charge in [0.2, 0.25) is 5.91 Å².